The average Bonchev–Trinajstić information content (AvgIpc) is 3.19. The summed E-state index contributed by atoms with van der Waals surface area (Å²) in [5.41, 5.74) is 0.584. The molecule has 1 aromatic heterocycles. The Bertz CT molecular complexity index is 514. The quantitative estimate of drug-likeness (QED) is 0.829. The standard InChI is InChI=1S/C16H24N4O2/c21-15-13-6-5-7-14(13)20(9-4-2-1-3-8-17-15)16(22)12-10-18-19-11-12/h10-11,13-14H,1-9H2,(H,17,21)(H,18,19)/t13-,14+/m1/s1. The zero-order valence-electron chi connectivity index (χ0n) is 12.9. The van der Waals surface area contributed by atoms with Gasteiger partial charge in [-0.1, -0.05) is 19.3 Å². The predicted molar refractivity (Wildman–Crippen MR) is 82.2 cm³/mol. The fourth-order valence-corrected chi connectivity index (χ4v) is 3.67. The maximum Gasteiger partial charge on any atom is 0.257 e. The first kappa shape index (κ1) is 15.1. The van der Waals surface area contributed by atoms with E-state index in [-0.39, 0.29) is 23.8 Å². The van der Waals surface area contributed by atoms with Crippen molar-refractivity contribution in [2.24, 2.45) is 5.92 Å². The highest BCUT2D eigenvalue weighted by Crippen LogP contribution is 2.31. The third kappa shape index (κ3) is 3.15. The molecule has 2 amide bonds. The van der Waals surface area contributed by atoms with Crippen molar-refractivity contribution in [2.75, 3.05) is 13.1 Å². The van der Waals surface area contributed by atoms with Crippen LogP contribution in [0.15, 0.2) is 12.4 Å². The molecule has 3 rings (SSSR count). The molecule has 0 spiro atoms. The molecule has 6 nitrogen and oxygen atoms in total. The Labute approximate surface area is 130 Å². The van der Waals surface area contributed by atoms with Gasteiger partial charge in [-0.15, -0.1) is 0 Å². The Morgan fingerprint density at radius 2 is 2.05 bits per heavy atom. The number of aromatic nitrogens is 2. The van der Waals surface area contributed by atoms with E-state index in [0.29, 0.717) is 5.56 Å². The largest absolute Gasteiger partial charge is 0.356 e. The Hall–Kier alpha value is -1.85. The summed E-state index contributed by atoms with van der Waals surface area (Å²) in [6.45, 7) is 1.50. The maximum atomic E-state index is 12.8. The first-order valence-electron chi connectivity index (χ1n) is 8.35. The average molecular weight is 304 g/mol. The topological polar surface area (TPSA) is 78.1 Å². The molecule has 1 saturated heterocycles. The zero-order valence-corrected chi connectivity index (χ0v) is 12.9. The summed E-state index contributed by atoms with van der Waals surface area (Å²) in [5, 5.41) is 9.63. The van der Waals surface area contributed by atoms with Crippen LogP contribution in [-0.4, -0.2) is 46.0 Å². The smallest absolute Gasteiger partial charge is 0.257 e. The number of hydrogen-bond acceptors (Lipinski definition) is 3. The van der Waals surface area contributed by atoms with Gasteiger partial charge in [-0.05, 0) is 25.7 Å². The molecule has 0 aromatic carbocycles. The van der Waals surface area contributed by atoms with Gasteiger partial charge in [-0.2, -0.15) is 5.10 Å². The molecule has 1 aliphatic heterocycles. The molecule has 2 heterocycles. The number of nitrogens with zero attached hydrogens (tertiary/aromatic N) is 2. The minimum atomic E-state index is -0.0612. The van der Waals surface area contributed by atoms with Crippen LogP contribution in [0.25, 0.3) is 0 Å². The molecule has 0 radical (unpaired) electrons. The zero-order chi connectivity index (χ0) is 15.4. The van der Waals surface area contributed by atoms with Crippen molar-refractivity contribution in [3.8, 4) is 0 Å². The maximum absolute atomic E-state index is 12.8. The number of aromatic amines is 1. The summed E-state index contributed by atoms with van der Waals surface area (Å²) in [4.78, 5) is 27.1. The van der Waals surface area contributed by atoms with Crippen molar-refractivity contribution < 1.29 is 9.59 Å². The van der Waals surface area contributed by atoms with Crippen molar-refractivity contribution in [2.45, 2.75) is 51.0 Å². The number of rotatable bonds is 1. The summed E-state index contributed by atoms with van der Waals surface area (Å²) < 4.78 is 0. The second-order valence-corrected chi connectivity index (χ2v) is 6.30. The van der Waals surface area contributed by atoms with Crippen LogP contribution in [-0.2, 0) is 4.79 Å². The summed E-state index contributed by atoms with van der Waals surface area (Å²) in [5.74, 6) is 0.0565. The molecule has 120 valence electrons. The monoisotopic (exact) mass is 304 g/mol. The van der Waals surface area contributed by atoms with Crippen LogP contribution in [0.1, 0.15) is 55.3 Å². The van der Waals surface area contributed by atoms with E-state index < -0.39 is 0 Å². The van der Waals surface area contributed by atoms with E-state index in [2.05, 4.69) is 15.5 Å². The van der Waals surface area contributed by atoms with E-state index in [1.54, 1.807) is 12.4 Å². The van der Waals surface area contributed by atoms with Gasteiger partial charge in [0.2, 0.25) is 5.91 Å². The lowest BCUT2D eigenvalue weighted by molar-refractivity contribution is -0.126. The normalized spacial score (nSPS) is 26.9. The lowest BCUT2D eigenvalue weighted by atomic mass is 10.00. The van der Waals surface area contributed by atoms with Crippen LogP contribution in [0.5, 0.6) is 0 Å². The van der Waals surface area contributed by atoms with Crippen molar-refractivity contribution in [3.05, 3.63) is 18.0 Å². The molecule has 22 heavy (non-hydrogen) atoms. The van der Waals surface area contributed by atoms with Gasteiger partial charge in [0.25, 0.3) is 5.91 Å². The molecule has 0 bridgehead atoms. The number of H-pyrrole nitrogens is 1. The SMILES string of the molecule is O=C1NCCCCCCN(C(=O)c2cn[nH]c2)[C@H]2CCC[C@@H]12. The number of fused-ring (bicyclic) bond motifs is 1. The van der Waals surface area contributed by atoms with Gasteiger partial charge in [0, 0.05) is 25.3 Å². The van der Waals surface area contributed by atoms with Gasteiger partial charge in [0.15, 0.2) is 0 Å². The molecule has 0 unspecified atom stereocenters. The first-order chi connectivity index (χ1) is 10.8. The predicted octanol–water partition coefficient (Wildman–Crippen LogP) is 1.71. The molecule has 1 aromatic rings. The Kier molecular flexibility index (Phi) is 4.75. The molecule has 1 saturated carbocycles. The Morgan fingerprint density at radius 1 is 1.18 bits per heavy atom. The Balaban J connectivity index is 1.82. The number of nitrogens with one attached hydrogen (secondary N) is 2. The number of carbonyl (C=O) groups is 2. The minimum Gasteiger partial charge on any atom is -0.356 e. The molecule has 2 aliphatic rings. The highest BCUT2D eigenvalue weighted by Gasteiger charge is 2.39. The summed E-state index contributed by atoms with van der Waals surface area (Å²) in [6.07, 6.45) is 10.2. The van der Waals surface area contributed by atoms with Gasteiger partial charge in [-0.25, -0.2) is 0 Å². The van der Waals surface area contributed by atoms with E-state index in [9.17, 15) is 9.59 Å². The van der Waals surface area contributed by atoms with Gasteiger partial charge in [-0.3, -0.25) is 14.7 Å². The number of carbonyl (C=O) groups excluding carboxylic acids is 2. The lowest BCUT2D eigenvalue weighted by Gasteiger charge is -2.32. The second-order valence-electron chi connectivity index (χ2n) is 6.30. The van der Waals surface area contributed by atoms with E-state index >= 15 is 0 Å². The van der Waals surface area contributed by atoms with Crippen molar-refractivity contribution in [1.82, 2.24) is 20.4 Å². The van der Waals surface area contributed by atoms with Crippen LogP contribution in [0.2, 0.25) is 0 Å². The minimum absolute atomic E-state index is 0.00213. The van der Waals surface area contributed by atoms with Crippen LogP contribution in [0.4, 0.5) is 0 Å². The van der Waals surface area contributed by atoms with Crippen LogP contribution in [0.3, 0.4) is 0 Å². The molecular weight excluding hydrogens is 280 g/mol. The van der Waals surface area contributed by atoms with Crippen molar-refractivity contribution in [1.29, 1.82) is 0 Å². The van der Waals surface area contributed by atoms with E-state index in [1.807, 2.05) is 4.90 Å². The van der Waals surface area contributed by atoms with Crippen LogP contribution < -0.4 is 5.32 Å². The van der Waals surface area contributed by atoms with Gasteiger partial charge in [0.05, 0.1) is 17.7 Å². The molecule has 2 N–H and O–H groups in total. The molecule has 6 heteroatoms. The third-order valence-electron chi connectivity index (χ3n) is 4.85. The summed E-state index contributed by atoms with van der Waals surface area (Å²) >= 11 is 0. The molecule has 2 atom stereocenters. The van der Waals surface area contributed by atoms with E-state index in [4.69, 9.17) is 0 Å². The van der Waals surface area contributed by atoms with E-state index in [1.165, 1.54) is 0 Å². The van der Waals surface area contributed by atoms with Crippen LogP contribution >= 0.6 is 0 Å². The fourth-order valence-electron chi connectivity index (χ4n) is 3.67. The highest BCUT2D eigenvalue weighted by atomic mass is 16.2. The summed E-state index contributed by atoms with van der Waals surface area (Å²) in [7, 11) is 0. The lowest BCUT2D eigenvalue weighted by Crippen LogP contribution is -2.47. The van der Waals surface area contributed by atoms with Crippen LogP contribution in [0, 0.1) is 5.92 Å². The number of amides is 2. The molecular formula is C16H24N4O2. The summed E-state index contributed by atoms with van der Waals surface area (Å²) in [6, 6.07) is 0.0282. The van der Waals surface area contributed by atoms with Gasteiger partial charge >= 0.3 is 0 Å². The van der Waals surface area contributed by atoms with Gasteiger partial charge in [0.1, 0.15) is 0 Å². The fraction of sp³-hybridized carbons (Fsp3) is 0.688. The van der Waals surface area contributed by atoms with Crippen molar-refractivity contribution in [3.63, 3.8) is 0 Å². The van der Waals surface area contributed by atoms with Crippen molar-refractivity contribution >= 4 is 11.8 Å². The first-order valence-corrected chi connectivity index (χ1v) is 8.35. The van der Waals surface area contributed by atoms with Gasteiger partial charge < -0.3 is 10.2 Å². The highest BCUT2D eigenvalue weighted by molar-refractivity contribution is 5.94. The number of hydrogen-bond donors (Lipinski definition) is 2. The molecule has 1 aliphatic carbocycles. The second kappa shape index (κ2) is 6.94. The Morgan fingerprint density at radius 3 is 2.86 bits per heavy atom. The third-order valence-corrected chi connectivity index (χ3v) is 4.85. The van der Waals surface area contributed by atoms with E-state index in [0.717, 1.165) is 58.0 Å². The molecule has 2 fully saturated rings.